The maximum atomic E-state index is 5.32. The number of benzene rings is 1. The number of nitrogens with one attached hydrogen (secondary N) is 1. The van der Waals surface area contributed by atoms with Gasteiger partial charge >= 0.3 is 0 Å². The highest BCUT2D eigenvalue weighted by atomic mass is 16.5. The van der Waals surface area contributed by atoms with E-state index in [1.807, 2.05) is 7.05 Å². The normalized spacial score (nSPS) is 18.6. The molecular weight excluding hydrogens is 174 g/mol. The molecule has 1 aliphatic carbocycles. The zero-order valence-corrected chi connectivity index (χ0v) is 9.05. The molecule has 0 fully saturated rings. The number of rotatable bonds is 3. The van der Waals surface area contributed by atoms with E-state index in [-0.39, 0.29) is 0 Å². The van der Waals surface area contributed by atoms with Crippen molar-refractivity contribution in [1.82, 2.24) is 5.32 Å². The molecule has 0 radical (unpaired) electrons. The smallest absolute Gasteiger partial charge is 0.122 e. The molecular formula is C12H17NO. The molecule has 0 heterocycles. The van der Waals surface area contributed by atoms with Crippen LogP contribution in [-0.4, -0.2) is 20.7 Å². The van der Waals surface area contributed by atoms with E-state index in [0.29, 0.717) is 5.92 Å². The van der Waals surface area contributed by atoms with Crippen molar-refractivity contribution < 1.29 is 4.74 Å². The highest BCUT2D eigenvalue weighted by molar-refractivity contribution is 5.49. The van der Waals surface area contributed by atoms with Crippen molar-refractivity contribution in [1.29, 1.82) is 0 Å². The maximum absolute atomic E-state index is 5.32. The summed E-state index contributed by atoms with van der Waals surface area (Å²) < 4.78 is 5.32. The summed E-state index contributed by atoms with van der Waals surface area (Å²) in [6.45, 7) is 3.17. The van der Waals surface area contributed by atoms with Gasteiger partial charge in [0.1, 0.15) is 5.75 Å². The fraction of sp³-hybridized carbons (Fsp3) is 0.500. The Bertz CT molecular complexity index is 346. The lowest BCUT2D eigenvalue weighted by Gasteiger charge is -2.31. The highest BCUT2D eigenvalue weighted by Crippen LogP contribution is 2.38. The van der Waals surface area contributed by atoms with Crippen molar-refractivity contribution in [3.8, 4) is 5.75 Å². The van der Waals surface area contributed by atoms with Crippen LogP contribution in [0.25, 0.3) is 0 Å². The van der Waals surface area contributed by atoms with Crippen molar-refractivity contribution in [3.63, 3.8) is 0 Å². The number of methoxy groups -OCH3 is 1. The third-order valence-electron chi connectivity index (χ3n) is 3.01. The van der Waals surface area contributed by atoms with Crippen LogP contribution in [0, 0.1) is 6.92 Å². The monoisotopic (exact) mass is 191 g/mol. The zero-order chi connectivity index (χ0) is 10.1. The number of fused-ring (bicyclic) bond motifs is 1. The molecule has 1 aliphatic rings. The summed E-state index contributed by atoms with van der Waals surface area (Å²) in [5.41, 5.74) is 4.19. The van der Waals surface area contributed by atoms with Gasteiger partial charge < -0.3 is 10.1 Å². The predicted octanol–water partition coefficient (Wildman–Crippen LogP) is 1.86. The Hall–Kier alpha value is -1.02. The van der Waals surface area contributed by atoms with E-state index >= 15 is 0 Å². The standard InChI is InChI=1S/C12H17NO/c1-8-4-9-5-10(7-13-2)11(9)6-12(8)14-3/h4,6,10,13H,5,7H2,1-3H3/t10-/m1/s1. The molecule has 76 valence electrons. The quantitative estimate of drug-likeness (QED) is 0.787. The molecule has 1 N–H and O–H groups in total. The summed E-state index contributed by atoms with van der Waals surface area (Å²) in [4.78, 5) is 0. The van der Waals surface area contributed by atoms with Crippen LogP contribution in [0.15, 0.2) is 12.1 Å². The van der Waals surface area contributed by atoms with Crippen LogP contribution in [0.5, 0.6) is 5.75 Å². The average Bonchev–Trinajstić information content (AvgIpc) is 2.16. The van der Waals surface area contributed by atoms with Crippen LogP contribution in [0.1, 0.15) is 22.6 Å². The molecule has 1 aromatic rings. The van der Waals surface area contributed by atoms with Gasteiger partial charge in [0, 0.05) is 12.5 Å². The number of hydrogen-bond acceptors (Lipinski definition) is 2. The van der Waals surface area contributed by atoms with Gasteiger partial charge in [-0.2, -0.15) is 0 Å². The Morgan fingerprint density at radius 2 is 2.29 bits per heavy atom. The third kappa shape index (κ3) is 1.40. The van der Waals surface area contributed by atoms with Gasteiger partial charge in [-0.1, -0.05) is 6.07 Å². The van der Waals surface area contributed by atoms with Gasteiger partial charge in [-0.15, -0.1) is 0 Å². The van der Waals surface area contributed by atoms with Gasteiger partial charge in [-0.05, 0) is 43.1 Å². The molecule has 2 rings (SSSR count). The van der Waals surface area contributed by atoms with E-state index in [2.05, 4.69) is 24.4 Å². The lowest BCUT2D eigenvalue weighted by atomic mass is 9.76. The van der Waals surface area contributed by atoms with Gasteiger partial charge in [-0.25, -0.2) is 0 Å². The van der Waals surface area contributed by atoms with Crippen LogP contribution < -0.4 is 10.1 Å². The number of aryl methyl sites for hydroxylation is 1. The number of likely N-dealkylation sites (N-methyl/N-ethyl adjacent to an activating group) is 1. The molecule has 1 atom stereocenters. The Morgan fingerprint density at radius 1 is 1.50 bits per heavy atom. The molecule has 0 unspecified atom stereocenters. The van der Waals surface area contributed by atoms with E-state index < -0.39 is 0 Å². The minimum atomic E-state index is 0.685. The van der Waals surface area contributed by atoms with Crippen LogP contribution in [-0.2, 0) is 6.42 Å². The topological polar surface area (TPSA) is 21.3 Å². The van der Waals surface area contributed by atoms with E-state index in [4.69, 9.17) is 4.74 Å². The molecule has 0 aliphatic heterocycles. The fourth-order valence-electron chi connectivity index (χ4n) is 2.21. The Morgan fingerprint density at radius 3 is 2.93 bits per heavy atom. The summed E-state index contributed by atoms with van der Waals surface area (Å²) in [6, 6.07) is 4.44. The van der Waals surface area contributed by atoms with Crippen molar-refractivity contribution >= 4 is 0 Å². The molecule has 0 saturated heterocycles. The summed E-state index contributed by atoms with van der Waals surface area (Å²) >= 11 is 0. The average molecular weight is 191 g/mol. The Balaban J connectivity index is 2.27. The largest absolute Gasteiger partial charge is 0.496 e. The molecule has 0 bridgehead atoms. The summed E-state index contributed by atoms with van der Waals surface area (Å²) in [5, 5.41) is 3.22. The molecule has 14 heavy (non-hydrogen) atoms. The van der Waals surface area contributed by atoms with E-state index in [1.54, 1.807) is 7.11 Å². The predicted molar refractivity (Wildman–Crippen MR) is 58.1 cm³/mol. The summed E-state index contributed by atoms with van der Waals surface area (Å²) in [7, 11) is 3.74. The minimum absolute atomic E-state index is 0.685. The van der Waals surface area contributed by atoms with Crippen molar-refractivity contribution in [2.75, 3.05) is 20.7 Å². The second-order valence-corrected chi connectivity index (χ2v) is 3.98. The molecule has 2 nitrogen and oxygen atoms in total. The van der Waals surface area contributed by atoms with Crippen molar-refractivity contribution in [3.05, 3.63) is 28.8 Å². The van der Waals surface area contributed by atoms with Crippen LogP contribution >= 0.6 is 0 Å². The molecule has 1 aromatic carbocycles. The summed E-state index contributed by atoms with van der Waals surface area (Å²) in [5.74, 6) is 1.70. The molecule has 0 spiro atoms. The van der Waals surface area contributed by atoms with Crippen LogP contribution in [0.2, 0.25) is 0 Å². The second kappa shape index (κ2) is 3.62. The van der Waals surface area contributed by atoms with Gasteiger partial charge in [0.15, 0.2) is 0 Å². The van der Waals surface area contributed by atoms with Crippen LogP contribution in [0.4, 0.5) is 0 Å². The van der Waals surface area contributed by atoms with Crippen LogP contribution in [0.3, 0.4) is 0 Å². The number of hydrogen-bond donors (Lipinski definition) is 1. The molecule has 0 saturated carbocycles. The first-order valence-electron chi connectivity index (χ1n) is 5.08. The van der Waals surface area contributed by atoms with Gasteiger partial charge in [0.25, 0.3) is 0 Å². The molecule has 0 amide bonds. The van der Waals surface area contributed by atoms with Gasteiger partial charge in [0.05, 0.1) is 7.11 Å². The first kappa shape index (κ1) is 9.53. The first-order chi connectivity index (χ1) is 6.76. The SMILES string of the molecule is CNC[C@H]1Cc2cc(C)c(OC)cc21. The summed E-state index contributed by atoms with van der Waals surface area (Å²) in [6.07, 6.45) is 1.21. The third-order valence-corrected chi connectivity index (χ3v) is 3.01. The van der Waals surface area contributed by atoms with E-state index in [1.165, 1.54) is 23.1 Å². The van der Waals surface area contributed by atoms with E-state index in [0.717, 1.165) is 12.3 Å². The fourth-order valence-corrected chi connectivity index (χ4v) is 2.21. The molecule has 0 aromatic heterocycles. The lowest BCUT2D eigenvalue weighted by molar-refractivity contribution is 0.408. The van der Waals surface area contributed by atoms with Crippen molar-refractivity contribution in [2.24, 2.45) is 0 Å². The van der Waals surface area contributed by atoms with Crippen molar-refractivity contribution in [2.45, 2.75) is 19.3 Å². The van der Waals surface area contributed by atoms with Gasteiger partial charge in [0.2, 0.25) is 0 Å². The highest BCUT2D eigenvalue weighted by Gasteiger charge is 2.26. The Labute approximate surface area is 85.3 Å². The minimum Gasteiger partial charge on any atom is -0.496 e. The second-order valence-electron chi connectivity index (χ2n) is 3.98. The van der Waals surface area contributed by atoms with Gasteiger partial charge in [-0.3, -0.25) is 0 Å². The number of ether oxygens (including phenoxy) is 1. The Kier molecular flexibility index (Phi) is 2.46. The first-order valence-corrected chi connectivity index (χ1v) is 5.08. The lowest BCUT2D eigenvalue weighted by Crippen LogP contribution is -2.27. The van der Waals surface area contributed by atoms with E-state index in [9.17, 15) is 0 Å². The zero-order valence-electron chi connectivity index (χ0n) is 9.05. The molecule has 2 heteroatoms. The maximum Gasteiger partial charge on any atom is 0.122 e.